The predicted octanol–water partition coefficient (Wildman–Crippen LogP) is 4.93. The molecule has 0 saturated carbocycles. The van der Waals surface area contributed by atoms with Gasteiger partial charge < -0.3 is 10.5 Å². The Hall–Kier alpha value is -4.12. The van der Waals surface area contributed by atoms with E-state index in [0.29, 0.717) is 36.5 Å². The lowest BCUT2D eigenvalue weighted by molar-refractivity contribution is -0.384. The third kappa shape index (κ3) is 3.90. The molecule has 4 rings (SSSR count). The summed E-state index contributed by atoms with van der Waals surface area (Å²) in [5.41, 5.74) is 8.29. The number of nitriles is 1. The number of carbonyl (C=O) groups excluding carboxylic acids is 1. The minimum absolute atomic E-state index is 0.0889. The zero-order chi connectivity index (χ0) is 24.6. The Morgan fingerprint density at radius 1 is 1.21 bits per heavy atom. The second kappa shape index (κ2) is 8.67. The molecule has 1 unspecified atom stereocenters. The molecule has 0 saturated heterocycles. The summed E-state index contributed by atoms with van der Waals surface area (Å²) >= 11 is 0. The molecule has 2 aromatic rings. The van der Waals surface area contributed by atoms with Gasteiger partial charge in [0, 0.05) is 23.8 Å². The fourth-order valence-electron chi connectivity index (χ4n) is 4.85. The summed E-state index contributed by atoms with van der Waals surface area (Å²) in [7, 11) is 0. The standard InChI is InChI=1S/C26H26N4O4/c1-4-34-17-11-9-16(10-12-17)23-18(15-27)25(28)29(19-7-5-6-8-20(19)30(32)33)21-13-26(2,3)14-22(31)24(21)23/h5-12,23H,4,13-14,28H2,1-3H3. The molecule has 0 spiro atoms. The number of ether oxygens (including phenoxy) is 1. The van der Waals surface area contributed by atoms with Crippen LogP contribution in [-0.2, 0) is 4.79 Å². The van der Waals surface area contributed by atoms with Gasteiger partial charge in [0.15, 0.2) is 5.78 Å². The number of Topliss-reactive ketones (excluding diaryl/α,β-unsaturated/α-hetero) is 1. The summed E-state index contributed by atoms with van der Waals surface area (Å²) in [4.78, 5) is 26.4. The quantitative estimate of drug-likeness (QED) is 0.497. The molecule has 0 radical (unpaired) electrons. The Balaban J connectivity index is 1.98. The van der Waals surface area contributed by atoms with Crippen LogP contribution in [0.2, 0.25) is 0 Å². The van der Waals surface area contributed by atoms with Gasteiger partial charge in [-0.15, -0.1) is 0 Å². The molecule has 34 heavy (non-hydrogen) atoms. The Bertz CT molecular complexity index is 1270. The van der Waals surface area contributed by atoms with Crippen LogP contribution in [0, 0.1) is 26.9 Å². The highest BCUT2D eigenvalue weighted by Crippen LogP contribution is 2.51. The van der Waals surface area contributed by atoms with Gasteiger partial charge in [0.05, 0.1) is 29.1 Å². The molecule has 1 heterocycles. The van der Waals surface area contributed by atoms with Crippen LogP contribution in [0.5, 0.6) is 5.75 Å². The Morgan fingerprint density at radius 3 is 2.50 bits per heavy atom. The van der Waals surface area contributed by atoms with Crippen molar-refractivity contribution in [3.63, 3.8) is 0 Å². The fourth-order valence-corrected chi connectivity index (χ4v) is 4.85. The van der Waals surface area contributed by atoms with Crippen LogP contribution in [0.4, 0.5) is 11.4 Å². The minimum Gasteiger partial charge on any atom is -0.494 e. The van der Waals surface area contributed by atoms with E-state index in [1.807, 2.05) is 32.9 Å². The highest BCUT2D eigenvalue weighted by molar-refractivity contribution is 6.02. The van der Waals surface area contributed by atoms with Crippen LogP contribution in [0.25, 0.3) is 0 Å². The number of benzene rings is 2. The van der Waals surface area contributed by atoms with Crippen molar-refractivity contribution >= 4 is 17.2 Å². The molecule has 174 valence electrons. The SMILES string of the molecule is CCOc1ccc(C2C(C#N)=C(N)N(c3ccccc3[N+](=O)[O-])C3=C2C(=O)CC(C)(C)C3)cc1. The first kappa shape index (κ1) is 23.1. The van der Waals surface area contributed by atoms with Gasteiger partial charge in [0.1, 0.15) is 17.3 Å². The van der Waals surface area contributed by atoms with E-state index in [-0.39, 0.29) is 34.0 Å². The molecule has 1 atom stereocenters. The van der Waals surface area contributed by atoms with Gasteiger partial charge in [-0.25, -0.2) is 0 Å². The molecular formula is C26H26N4O4. The van der Waals surface area contributed by atoms with Crippen molar-refractivity contribution in [1.29, 1.82) is 5.26 Å². The number of hydrogen-bond donors (Lipinski definition) is 1. The normalized spacial score (nSPS) is 19.5. The van der Waals surface area contributed by atoms with Gasteiger partial charge in [0.2, 0.25) is 0 Å². The van der Waals surface area contributed by atoms with Gasteiger partial charge >= 0.3 is 0 Å². The van der Waals surface area contributed by atoms with Crippen molar-refractivity contribution in [3.05, 3.63) is 86.9 Å². The van der Waals surface area contributed by atoms with E-state index < -0.39 is 10.8 Å². The summed E-state index contributed by atoms with van der Waals surface area (Å²) in [6, 6.07) is 15.7. The number of allylic oxidation sites excluding steroid dienone is 3. The van der Waals surface area contributed by atoms with Crippen LogP contribution >= 0.6 is 0 Å². The van der Waals surface area contributed by atoms with Gasteiger partial charge in [-0.1, -0.05) is 38.1 Å². The number of nitro benzene ring substituents is 1. The maximum atomic E-state index is 13.5. The molecule has 8 heteroatoms. The average Bonchev–Trinajstić information content (AvgIpc) is 2.78. The molecule has 1 aliphatic heterocycles. The van der Waals surface area contributed by atoms with Gasteiger partial charge in [-0.2, -0.15) is 5.26 Å². The van der Waals surface area contributed by atoms with E-state index in [1.54, 1.807) is 30.3 Å². The Kier molecular flexibility index (Phi) is 5.88. The lowest BCUT2D eigenvalue weighted by Gasteiger charge is -2.43. The second-order valence-corrected chi connectivity index (χ2v) is 9.23. The number of ketones is 1. The Morgan fingerprint density at radius 2 is 1.88 bits per heavy atom. The van der Waals surface area contributed by atoms with Crippen LogP contribution < -0.4 is 15.4 Å². The highest BCUT2D eigenvalue weighted by atomic mass is 16.6. The number of anilines is 1. The van der Waals surface area contributed by atoms with Crippen LogP contribution in [-0.4, -0.2) is 17.3 Å². The second-order valence-electron chi connectivity index (χ2n) is 9.23. The number of nitrogens with two attached hydrogens (primary N) is 1. The number of nitrogens with zero attached hydrogens (tertiary/aromatic N) is 3. The summed E-state index contributed by atoms with van der Waals surface area (Å²) in [6.45, 7) is 6.38. The molecule has 2 aliphatic rings. The summed E-state index contributed by atoms with van der Waals surface area (Å²) in [5, 5.41) is 22.0. The number of carbonyl (C=O) groups is 1. The summed E-state index contributed by atoms with van der Waals surface area (Å²) < 4.78 is 5.54. The topological polar surface area (TPSA) is 122 Å². The van der Waals surface area contributed by atoms with E-state index in [1.165, 1.54) is 11.0 Å². The molecular weight excluding hydrogens is 432 g/mol. The van der Waals surface area contributed by atoms with E-state index in [2.05, 4.69) is 6.07 Å². The monoisotopic (exact) mass is 458 g/mol. The van der Waals surface area contributed by atoms with Crippen molar-refractivity contribution in [1.82, 2.24) is 0 Å². The lowest BCUT2D eigenvalue weighted by atomic mass is 9.68. The van der Waals surface area contributed by atoms with Gasteiger partial charge in [0.25, 0.3) is 5.69 Å². The van der Waals surface area contributed by atoms with Crippen LogP contribution in [0.3, 0.4) is 0 Å². The lowest BCUT2D eigenvalue weighted by Crippen LogP contribution is -2.42. The zero-order valence-corrected chi connectivity index (χ0v) is 19.4. The first-order chi connectivity index (χ1) is 16.2. The number of hydrogen-bond acceptors (Lipinski definition) is 7. The van der Waals surface area contributed by atoms with Crippen molar-refractivity contribution in [2.45, 2.75) is 39.5 Å². The van der Waals surface area contributed by atoms with Crippen LogP contribution in [0.1, 0.15) is 45.1 Å². The van der Waals surface area contributed by atoms with E-state index in [4.69, 9.17) is 10.5 Å². The molecule has 0 fully saturated rings. The maximum absolute atomic E-state index is 13.5. The molecule has 0 aromatic heterocycles. The number of nitro groups is 1. The third-order valence-corrected chi connectivity index (χ3v) is 6.22. The first-order valence-corrected chi connectivity index (χ1v) is 11.1. The van der Waals surface area contributed by atoms with Crippen LogP contribution in [0.15, 0.2) is 71.2 Å². The van der Waals surface area contributed by atoms with Gasteiger partial charge in [-0.05, 0) is 42.5 Å². The van der Waals surface area contributed by atoms with Crippen molar-refractivity contribution in [3.8, 4) is 11.8 Å². The predicted molar refractivity (Wildman–Crippen MR) is 128 cm³/mol. The minimum atomic E-state index is -0.654. The van der Waals surface area contributed by atoms with Gasteiger partial charge in [-0.3, -0.25) is 19.8 Å². The van der Waals surface area contributed by atoms with E-state index >= 15 is 0 Å². The van der Waals surface area contributed by atoms with Crippen molar-refractivity contribution < 1.29 is 14.5 Å². The molecule has 1 aliphatic carbocycles. The molecule has 2 N–H and O–H groups in total. The molecule has 2 aromatic carbocycles. The first-order valence-electron chi connectivity index (χ1n) is 11.1. The summed E-state index contributed by atoms with van der Waals surface area (Å²) in [6.07, 6.45) is 0.787. The number of para-hydroxylation sites is 2. The summed E-state index contributed by atoms with van der Waals surface area (Å²) in [5.74, 6) is 0.0385. The van der Waals surface area contributed by atoms with E-state index in [9.17, 15) is 20.2 Å². The third-order valence-electron chi connectivity index (χ3n) is 6.22. The number of rotatable bonds is 5. The maximum Gasteiger partial charge on any atom is 0.293 e. The molecule has 0 amide bonds. The average molecular weight is 459 g/mol. The smallest absolute Gasteiger partial charge is 0.293 e. The molecule has 0 bridgehead atoms. The van der Waals surface area contributed by atoms with Crippen molar-refractivity contribution in [2.24, 2.45) is 11.1 Å². The highest BCUT2D eigenvalue weighted by Gasteiger charge is 2.45. The largest absolute Gasteiger partial charge is 0.494 e. The van der Waals surface area contributed by atoms with E-state index in [0.717, 1.165) is 5.56 Å². The van der Waals surface area contributed by atoms with Crippen molar-refractivity contribution in [2.75, 3.05) is 11.5 Å². The zero-order valence-electron chi connectivity index (χ0n) is 19.4. The fraction of sp³-hybridized carbons (Fsp3) is 0.308. The Labute approximate surface area is 198 Å². The molecule has 8 nitrogen and oxygen atoms in total.